The smallest absolute Gasteiger partial charge is 0.328 e. The van der Waals surface area contributed by atoms with Gasteiger partial charge in [0.05, 0.1) is 14.2 Å². The van der Waals surface area contributed by atoms with Crippen LogP contribution in [0.3, 0.4) is 0 Å². The van der Waals surface area contributed by atoms with Crippen molar-refractivity contribution in [1.82, 2.24) is 0 Å². The molecule has 1 aromatic carbocycles. The number of methoxy groups -OCH3 is 2. The molecular formula is C12H11FO4. The first-order valence-corrected chi connectivity index (χ1v) is 5.02. The van der Waals surface area contributed by atoms with E-state index in [1.165, 1.54) is 32.4 Å². The lowest BCUT2D eigenvalue weighted by Gasteiger charge is -2.38. The number of esters is 2. The van der Waals surface area contributed by atoms with E-state index in [-0.39, 0.29) is 6.42 Å². The monoisotopic (exact) mass is 238 g/mol. The first-order valence-electron chi connectivity index (χ1n) is 5.02. The molecule has 0 saturated carbocycles. The zero-order chi connectivity index (χ0) is 12.6. The molecule has 5 heteroatoms. The zero-order valence-corrected chi connectivity index (χ0v) is 9.45. The van der Waals surface area contributed by atoms with Gasteiger partial charge < -0.3 is 9.47 Å². The van der Waals surface area contributed by atoms with Gasteiger partial charge in [0.1, 0.15) is 5.82 Å². The minimum Gasteiger partial charge on any atom is -0.468 e. The Morgan fingerprint density at radius 1 is 1.24 bits per heavy atom. The van der Waals surface area contributed by atoms with Crippen molar-refractivity contribution in [3.63, 3.8) is 0 Å². The third kappa shape index (κ3) is 1.35. The number of hydrogen-bond donors (Lipinski definition) is 0. The SMILES string of the molecule is COC(=O)C1(C(=O)OC)Cc2c(F)cccc21. The van der Waals surface area contributed by atoms with E-state index in [0.717, 1.165) is 0 Å². The molecule has 0 heterocycles. The molecule has 4 nitrogen and oxygen atoms in total. The van der Waals surface area contributed by atoms with E-state index >= 15 is 0 Å². The molecule has 0 radical (unpaired) electrons. The molecule has 0 fully saturated rings. The molecule has 0 spiro atoms. The summed E-state index contributed by atoms with van der Waals surface area (Å²) in [5, 5.41) is 0. The van der Waals surface area contributed by atoms with Gasteiger partial charge >= 0.3 is 11.9 Å². The number of ether oxygens (including phenoxy) is 2. The molecule has 0 amide bonds. The van der Waals surface area contributed by atoms with Crippen LogP contribution < -0.4 is 0 Å². The lowest BCUT2D eigenvalue weighted by Crippen LogP contribution is -2.54. The number of benzene rings is 1. The molecule has 0 aromatic heterocycles. The molecule has 17 heavy (non-hydrogen) atoms. The van der Waals surface area contributed by atoms with Crippen molar-refractivity contribution in [2.75, 3.05) is 14.2 Å². The van der Waals surface area contributed by atoms with Gasteiger partial charge in [0.2, 0.25) is 0 Å². The van der Waals surface area contributed by atoms with Crippen LogP contribution in [0.25, 0.3) is 0 Å². The Hall–Kier alpha value is -1.91. The average Bonchev–Trinajstić information content (AvgIpc) is 2.31. The Morgan fingerprint density at radius 3 is 2.35 bits per heavy atom. The van der Waals surface area contributed by atoms with Gasteiger partial charge in [-0.25, -0.2) is 4.39 Å². The van der Waals surface area contributed by atoms with Gasteiger partial charge in [0.15, 0.2) is 5.41 Å². The van der Waals surface area contributed by atoms with Crippen molar-refractivity contribution in [3.8, 4) is 0 Å². The van der Waals surface area contributed by atoms with Crippen molar-refractivity contribution in [2.24, 2.45) is 0 Å². The van der Waals surface area contributed by atoms with Crippen LogP contribution in [0.15, 0.2) is 18.2 Å². The quantitative estimate of drug-likeness (QED) is 0.569. The summed E-state index contributed by atoms with van der Waals surface area (Å²) < 4.78 is 22.6. The highest BCUT2D eigenvalue weighted by atomic mass is 19.1. The highest BCUT2D eigenvalue weighted by Crippen LogP contribution is 2.44. The molecule has 0 bridgehead atoms. The van der Waals surface area contributed by atoms with Gasteiger partial charge in [-0.15, -0.1) is 0 Å². The Labute approximate surface area is 97.3 Å². The lowest BCUT2D eigenvalue weighted by molar-refractivity contribution is -0.163. The number of hydrogen-bond acceptors (Lipinski definition) is 4. The zero-order valence-electron chi connectivity index (χ0n) is 9.45. The summed E-state index contributed by atoms with van der Waals surface area (Å²) in [7, 11) is 2.37. The predicted octanol–water partition coefficient (Wildman–Crippen LogP) is 0.966. The second-order valence-corrected chi connectivity index (χ2v) is 3.83. The fraction of sp³-hybridized carbons (Fsp3) is 0.333. The number of carbonyl (C=O) groups excluding carboxylic acids is 2. The van der Waals surface area contributed by atoms with Gasteiger partial charge in [-0.3, -0.25) is 9.59 Å². The normalized spacial score (nSPS) is 15.5. The maximum atomic E-state index is 13.4. The first-order chi connectivity index (χ1) is 8.07. The maximum absolute atomic E-state index is 13.4. The second kappa shape index (κ2) is 3.84. The fourth-order valence-electron chi connectivity index (χ4n) is 2.19. The topological polar surface area (TPSA) is 52.6 Å². The molecule has 90 valence electrons. The summed E-state index contributed by atoms with van der Waals surface area (Å²) >= 11 is 0. The van der Waals surface area contributed by atoms with Crippen LogP contribution in [-0.2, 0) is 30.9 Å². The third-order valence-corrected chi connectivity index (χ3v) is 3.09. The van der Waals surface area contributed by atoms with E-state index in [9.17, 15) is 14.0 Å². The van der Waals surface area contributed by atoms with Gasteiger partial charge in [-0.05, 0) is 17.2 Å². The van der Waals surface area contributed by atoms with E-state index in [1.807, 2.05) is 0 Å². The fourth-order valence-corrected chi connectivity index (χ4v) is 2.19. The molecule has 0 atom stereocenters. The van der Waals surface area contributed by atoms with Gasteiger partial charge in [0, 0.05) is 6.42 Å². The van der Waals surface area contributed by atoms with Crippen LogP contribution in [0.4, 0.5) is 4.39 Å². The molecule has 0 unspecified atom stereocenters. The lowest BCUT2D eigenvalue weighted by atomic mass is 9.63. The number of rotatable bonds is 2. The molecule has 2 rings (SSSR count). The Kier molecular flexibility index (Phi) is 2.61. The molecule has 1 aromatic rings. The standard InChI is InChI=1S/C12H11FO4/c1-16-10(14)12(11(15)17-2)6-7-8(12)4-3-5-9(7)13/h3-5H,6H2,1-2H3. The molecular weight excluding hydrogens is 227 g/mol. The third-order valence-electron chi connectivity index (χ3n) is 3.09. The highest BCUT2D eigenvalue weighted by Gasteiger charge is 2.58. The minimum absolute atomic E-state index is 0.0195. The molecule has 0 saturated heterocycles. The van der Waals surface area contributed by atoms with Crippen molar-refractivity contribution < 1.29 is 23.5 Å². The van der Waals surface area contributed by atoms with Crippen LogP contribution in [0.1, 0.15) is 11.1 Å². The second-order valence-electron chi connectivity index (χ2n) is 3.83. The van der Waals surface area contributed by atoms with E-state index in [0.29, 0.717) is 11.1 Å². The Morgan fingerprint density at radius 2 is 1.82 bits per heavy atom. The summed E-state index contributed by atoms with van der Waals surface area (Å²) in [4.78, 5) is 23.5. The summed E-state index contributed by atoms with van der Waals surface area (Å²) in [5.41, 5.74) is -0.805. The van der Waals surface area contributed by atoms with Crippen molar-refractivity contribution in [2.45, 2.75) is 11.8 Å². The highest BCUT2D eigenvalue weighted by molar-refractivity contribution is 6.09. The van der Waals surface area contributed by atoms with Crippen molar-refractivity contribution >= 4 is 11.9 Å². The largest absolute Gasteiger partial charge is 0.468 e. The summed E-state index contributed by atoms with van der Waals surface area (Å²) in [6.45, 7) is 0. The summed E-state index contributed by atoms with van der Waals surface area (Å²) in [5.74, 6) is -1.86. The van der Waals surface area contributed by atoms with Gasteiger partial charge in [0.25, 0.3) is 0 Å². The Bertz CT molecular complexity index is 479. The summed E-state index contributed by atoms with van der Waals surface area (Å²) in [6.07, 6.45) is -0.0195. The number of fused-ring (bicyclic) bond motifs is 1. The van der Waals surface area contributed by atoms with E-state index < -0.39 is 23.2 Å². The van der Waals surface area contributed by atoms with E-state index in [2.05, 4.69) is 9.47 Å². The van der Waals surface area contributed by atoms with Gasteiger partial charge in [-0.1, -0.05) is 12.1 Å². The number of carbonyl (C=O) groups is 2. The van der Waals surface area contributed by atoms with E-state index in [4.69, 9.17) is 0 Å². The first kappa shape index (κ1) is 11.6. The maximum Gasteiger partial charge on any atom is 0.328 e. The molecule has 0 N–H and O–H groups in total. The average molecular weight is 238 g/mol. The van der Waals surface area contributed by atoms with Crippen LogP contribution in [0, 0.1) is 5.82 Å². The van der Waals surface area contributed by atoms with Crippen LogP contribution >= 0.6 is 0 Å². The molecule has 1 aliphatic carbocycles. The van der Waals surface area contributed by atoms with Crippen molar-refractivity contribution in [3.05, 3.63) is 35.1 Å². The van der Waals surface area contributed by atoms with Crippen LogP contribution in [-0.4, -0.2) is 26.2 Å². The van der Waals surface area contributed by atoms with E-state index in [1.54, 1.807) is 0 Å². The summed E-state index contributed by atoms with van der Waals surface area (Å²) in [6, 6.07) is 4.28. The predicted molar refractivity (Wildman–Crippen MR) is 55.8 cm³/mol. The molecule has 1 aliphatic rings. The van der Waals surface area contributed by atoms with Crippen LogP contribution in [0.2, 0.25) is 0 Å². The minimum atomic E-state index is -1.50. The number of halogens is 1. The molecule has 0 aliphatic heterocycles. The Balaban J connectivity index is 2.55. The van der Waals surface area contributed by atoms with Crippen LogP contribution in [0.5, 0.6) is 0 Å². The van der Waals surface area contributed by atoms with Gasteiger partial charge in [-0.2, -0.15) is 0 Å². The van der Waals surface area contributed by atoms with Crippen molar-refractivity contribution in [1.29, 1.82) is 0 Å².